The van der Waals surface area contributed by atoms with Crippen molar-refractivity contribution in [2.24, 2.45) is 0 Å². The van der Waals surface area contributed by atoms with Gasteiger partial charge in [0.05, 0.1) is 10.1 Å². The summed E-state index contributed by atoms with van der Waals surface area (Å²) in [6.45, 7) is 5.32. The fourth-order valence-corrected chi connectivity index (χ4v) is 4.92. The monoisotopic (exact) mass is 412 g/mol. The third-order valence-corrected chi connectivity index (χ3v) is 6.77. The summed E-state index contributed by atoms with van der Waals surface area (Å²) in [4.78, 5) is 16.1. The summed E-state index contributed by atoms with van der Waals surface area (Å²) in [5, 5.41) is 11.6. The third-order valence-electron chi connectivity index (χ3n) is 4.86. The van der Waals surface area contributed by atoms with Crippen molar-refractivity contribution in [3.8, 4) is 10.7 Å². The zero-order chi connectivity index (χ0) is 19.5. The summed E-state index contributed by atoms with van der Waals surface area (Å²) < 4.78 is 2.23. The number of benzene rings is 1. The second kappa shape index (κ2) is 8.49. The molecule has 4 rings (SSSR count). The fraction of sp³-hybridized carbons (Fsp3) is 0.381. The van der Waals surface area contributed by atoms with E-state index >= 15 is 0 Å². The highest BCUT2D eigenvalue weighted by molar-refractivity contribution is 8.00. The maximum atomic E-state index is 13.1. The molecule has 2 aromatic heterocycles. The van der Waals surface area contributed by atoms with Crippen LogP contribution in [0.2, 0.25) is 0 Å². The molecule has 7 heteroatoms. The minimum absolute atomic E-state index is 0.138. The highest BCUT2D eigenvalue weighted by atomic mass is 32.2. The molecule has 0 bridgehead atoms. The highest BCUT2D eigenvalue weighted by Gasteiger charge is 2.32. The number of thiophene rings is 1. The summed E-state index contributed by atoms with van der Waals surface area (Å²) in [5.41, 5.74) is 1.15. The second-order valence-corrected chi connectivity index (χ2v) is 9.24. The van der Waals surface area contributed by atoms with Crippen molar-refractivity contribution < 1.29 is 4.79 Å². The topological polar surface area (TPSA) is 51.0 Å². The van der Waals surface area contributed by atoms with Gasteiger partial charge in [-0.2, -0.15) is 0 Å². The molecule has 28 heavy (non-hydrogen) atoms. The number of nitrogens with zero attached hydrogens (tertiary/aromatic N) is 4. The molecule has 1 aliphatic carbocycles. The van der Waals surface area contributed by atoms with Crippen molar-refractivity contribution in [2.75, 3.05) is 6.54 Å². The predicted octanol–water partition coefficient (Wildman–Crippen LogP) is 4.87. The molecule has 0 spiro atoms. The molecule has 5 nitrogen and oxygen atoms in total. The Labute approximate surface area is 173 Å². The zero-order valence-electron chi connectivity index (χ0n) is 16.1. The molecule has 0 radical (unpaired) electrons. The number of amides is 1. The standard InChI is InChI=1S/C21H24N4OS2/c1-3-24(14-16-8-5-4-6-9-16)20(26)15(2)28-21-23-22-19(18-10-7-13-27-18)25(21)17-11-12-17/h4-10,13,15,17H,3,11-12,14H2,1-2H3/t15-/m0/s1. The Bertz CT molecular complexity index is 919. The molecule has 3 aromatic rings. The number of hydrogen-bond donors (Lipinski definition) is 0. The van der Waals surface area contributed by atoms with Gasteiger partial charge in [-0.15, -0.1) is 21.5 Å². The van der Waals surface area contributed by atoms with Gasteiger partial charge < -0.3 is 4.90 Å². The minimum atomic E-state index is -0.207. The molecule has 1 saturated carbocycles. The van der Waals surface area contributed by atoms with Crippen LogP contribution in [0.4, 0.5) is 0 Å². The molecular weight excluding hydrogens is 388 g/mol. The summed E-state index contributed by atoms with van der Waals surface area (Å²) in [5.74, 6) is 1.07. The van der Waals surface area contributed by atoms with E-state index in [9.17, 15) is 4.79 Å². The molecule has 0 aliphatic heterocycles. The third kappa shape index (κ3) is 4.15. The van der Waals surface area contributed by atoms with Crippen molar-refractivity contribution in [3.05, 3.63) is 53.4 Å². The first-order valence-corrected chi connectivity index (χ1v) is 11.4. The van der Waals surface area contributed by atoms with Gasteiger partial charge in [0.25, 0.3) is 0 Å². The van der Waals surface area contributed by atoms with E-state index < -0.39 is 0 Å². The van der Waals surface area contributed by atoms with E-state index in [0.717, 1.165) is 34.3 Å². The molecule has 1 aliphatic rings. The maximum absolute atomic E-state index is 13.1. The fourth-order valence-electron chi connectivity index (χ4n) is 3.21. The van der Waals surface area contributed by atoms with Crippen molar-refractivity contribution in [3.63, 3.8) is 0 Å². The largest absolute Gasteiger partial charge is 0.338 e. The molecule has 1 aromatic carbocycles. The van der Waals surface area contributed by atoms with Crippen molar-refractivity contribution in [1.82, 2.24) is 19.7 Å². The molecule has 0 N–H and O–H groups in total. The van der Waals surface area contributed by atoms with Gasteiger partial charge in [0.15, 0.2) is 11.0 Å². The van der Waals surface area contributed by atoms with Gasteiger partial charge in [-0.25, -0.2) is 0 Å². The molecule has 1 amide bonds. The zero-order valence-corrected chi connectivity index (χ0v) is 17.7. The van der Waals surface area contributed by atoms with E-state index in [1.54, 1.807) is 11.3 Å². The molecular formula is C21H24N4OS2. The van der Waals surface area contributed by atoms with Crippen LogP contribution in [0.1, 0.15) is 38.3 Å². The number of carbonyl (C=O) groups is 1. The number of aromatic nitrogens is 3. The van der Waals surface area contributed by atoms with E-state index in [-0.39, 0.29) is 11.2 Å². The number of hydrogen-bond acceptors (Lipinski definition) is 5. The Balaban J connectivity index is 1.50. The van der Waals surface area contributed by atoms with E-state index in [2.05, 4.69) is 38.3 Å². The first-order valence-electron chi connectivity index (χ1n) is 9.65. The summed E-state index contributed by atoms with van der Waals surface area (Å²) in [6.07, 6.45) is 2.31. The smallest absolute Gasteiger partial charge is 0.236 e. The first kappa shape index (κ1) is 19.2. The van der Waals surface area contributed by atoms with Gasteiger partial charge in [0.1, 0.15) is 0 Å². The van der Waals surface area contributed by atoms with E-state index in [1.807, 2.05) is 43.0 Å². The minimum Gasteiger partial charge on any atom is -0.338 e. The van der Waals surface area contributed by atoms with E-state index in [4.69, 9.17) is 0 Å². The van der Waals surface area contributed by atoms with Crippen molar-refractivity contribution in [1.29, 1.82) is 0 Å². The lowest BCUT2D eigenvalue weighted by Gasteiger charge is -2.24. The van der Waals surface area contributed by atoms with Crippen LogP contribution in [-0.2, 0) is 11.3 Å². The van der Waals surface area contributed by atoms with E-state index in [1.165, 1.54) is 11.8 Å². The lowest BCUT2D eigenvalue weighted by atomic mass is 10.2. The van der Waals surface area contributed by atoms with Crippen LogP contribution < -0.4 is 0 Å². The van der Waals surface area contributed by atoms with Crippen LogP contribution in [0.15, 0.2) is 53.0 Å². The molecule has 0 unspecified atom stereocenters. The van der Waals surface area contributed by atoms with Crippen LogP contribution in [0.25, 0.3) is 10.7 Å². The van der Waals surface area contributed by atoms with Crippen molar-refractivity contribution >= 4 is 29.0 Å². The van der Waals surface area contributed by atoms with Gasteiger partial charge in [0.2, 0.25) is 5.91 Å². The number of rotatable bonds is 8. The number of carbonyl (C=O) groups excluding carboxylic acids is 1. The summed E-state index contributed by atoms with van der Waals surface area (Å²) >= 11 is 3.20. The van der Waals surface area contributed by atoms with Crippen LogP contribution >= 0.6 is 23.1 Å². The van der Waals surface area contributed by atoms with Crippen LogP contribution in [0.3, 0.4) is 0 Å². The predicted molar refractivity (Wildman–Crippen MR) is 114 cm³/mol. The number of thioether (sulfide) groups is 1. The second-order valence-electron chi connectivity index (χ2n) is 6.98. The Hall–Kier alpha value is -2.12. The Morgan fingerprint density at radius 2 is 2.04 bits per heavy atom. The molecule has 1 atom stereocenters. The van der Waals surface area contributed by atoms with Gasteiger partial charge in [0, 0.05) is 19.1 Å². The van der Waals surface area contributed by atoms with Crippen LogP contribution in [0, 0.1) is 0 Å². The normalized spacial score (nSPS) is 14.8. The van der Waals surface area contributed by atoms with Gasteiger partial charge in [-0.05, 0) is 43.7 Å². The van der Waals surface area contributed by atoms with Gasteiger partial charge in [-0.1, -0.05) is 48.2 Å². The lowest BCUT2D eigenvalue weighted by molar-refractivity contribution is -0.130. The SMILES string of the molecule is CCN(Cc1ccccc1)C(=O)[C@H](C)Sc1nnc(-c2cccs2)n1C1CC1. The quantitative estimate of drug-likeness (QED) is 0.495. The molecule has 0 saturated heterocycles. The van der Waals surface area contributed by atoms with Crippen LogP contribution in [0.5, 0.6) is 0 Å². The van der Waals surface area contributed by atoms with Gasteiger partial charge in [-0.3, -0.25) is 9.36 Å². The Morgan fingerprint density at radius 3 is 2.68 bits per heavy atom. The highest BCUT2D eigenvalue weighted by Crippen LogP contribution is 2.42. The van der Waals surface area contributed by atoms with E-state index in [0.29, 0.717) is 19.1 Å². The Morgan fingerprint density at radius 1 is 1.25 bits per heavy atom. The van der Waals surface area contributed by atoms with Gasteiger partial charge >= 0.3 is 0 Å². The molecule has 2 heterocycles. The van der Waals surface area contributed by atoms with Crippen molar-refractivity contribution in [2.45, 2.75) is 49.7 Å². The Kier molecular flexibility index (Phi) is 5.82. The average Bonchev–Trinajstić information content (AvgIpc) is 3.24. The summed E-state index contributed by atoms with van der Waals surface area (Å²) in [7, 11) is 0. The summed E-state index contributed by atoms with van der Waals surface area (Å²) in [6, 6.07) is 14.7. The molecule has 146 valence electrons. The maximum Gasteiger partial charge on any atom is 0.236 e. The molecule has 1 fully saturated rings. The first-order chi connectivity index (χ1) is 13.7. The van der Waals surface area contributed by atoms with Crippen LogP contribution in [-0.4, -0.2) is 37.4 Å². The average molecular weight is 413 g/mol. The lowest BCUT2D eigenvalue weighted by Crippen LogP contribution is -2.36.